The number of carbonyl (C=O) groups excluding carboxylic acids is 1. The number of ketones is 1. The molecule has 1 aliphatic carbocycles. The van der Waals surface area contributed by atoms with E-state index >= 15 is 0 Å². The monoisotopic (exact) mass is 352 g/mol. The maximum atomic E-state index is 12.8. The highest BCUT2D eigenvalue weighted by atomic mass is 28.4. The Balaban J connectivity index is 1.72. The molecule has 0 saturated carbocycles. The zero-order valence-electron chi connectivity index (χ0n) is 16.0. The van der Waals surface area contributed by atoms with Crippen LogP contribution in [0.1, 0.15) is 48.7 Å². The third kappa shape index (κ3) is 3.36. The van der Waals surface area contributed by atoms with Crippen LogP contribution in [-0.4, -0.2) is 20.7 Å². The van der Waals surface area contributed by atoms with E-state index in [0.717, 1.165) is 47.3 Å². The van der Waals surface area contributed by atoms with Crippen molar-refractivity contribution in [3.8, 4) is 11.1 Å². The number of fused-ring (bicyclic) bond motifs is 3. The molecular formula is C22H28O2Si. The third-order valence-corrected chi connectivity index (χ3v) is 10.2. The van der Waals surface area contributed by atoms with E-state index in [1.165, 1.54) is 0 Å². The second-order valence-electron chi connectivity index (χ2n) is 8.43. The SMILES string of the molecule is CC(C)(C)[Si](C)(C)OCCCc1cccc2c1C(=O)c1ccccc1-2. The molecule has 0 N–H and O–H groups in total. The first-order valence-corrected chi connectivity index (χ1v) is 12.0. The predicted octanol–water partition coefficient (Wildman–Crippen LogP) is 5.85. The van der Waals surface area contributed by atoms with Crippen molar-refractivity contribution < 1.29 is 9.22 Å². The summed E-state index contributed by atoms with van der Waals surface area (Å²) < 4.78 is 6.28. The Hall–Kier alpha value is -1.71. The van der Waals surface area contributed by atoms with Crippen molar-refractivity contribution in [2.45, 2.75) is 51.7 Å². The zero-order chi connectivity index (χ0) is 18.2. The van der Waals surface area contributed by atoms with Crippen LogP contribution in [0, 0.1) is 0 Å². The lowest BCUT2D eigenvalue weighted by Crippen LogP contribution is -2.41. The van der Waals surface area contributed by atoms with Gasteiger partial charge in [0.25, 0.3) is 0 Å². The Morgan fingerprint density at radius 3 is 2.24 bits per heavy atom. The highest BCUT2D eigenvalue weighted by Crippen LogP contribution is 2.39. The van der Waals surface area contributed by atoms with Crippen LogP contribution >= 0.6 is 0 Å². The van der Waals surface area contributed by atoms with Crippen molar-refractivity contribution >= 4 is 14.1 Å². The van der Waals surface area contributed by atoms with Gasteiger partial charge in [-0.1, -0.05) is 63.2 Å². The first-order chi connectivity index (χ1) is 11.7. The largest absolute Gasteiger partial charge is 0.417 e. The second kappa shape index (κ2) is 6.54. The average molecular weight is 353 g/mol. The van der Waals surface area contributed by atoms with Gasteiger partial charge in [0.15, 0.2) is 14.1 Å². The third-order valence-electron chi connectivity index (χ3n) is 5.70. The van der Waals surface area contributed by atoms with Crippen LogP contribution in [0.5, 0.6) is 0 Å². The van der Waals surface area contributed by atoms with Gasteiger partial charge in [-0.25, -0.2) is 0 Å². The maximum absolute atomic E-state index is 12.8. The highest BCUT2D eigenvalue weighted by Gasteiger charge is 2.36. The number of benzene rings is 2. The Bertz CT molecular complexity index is 800. The molecule has 2 aromatic carbocycles. The number of rotatable bonds is 5. The van der Waals surface area contributed by atoms with E-state index < -0.39 is 8.32 Å². The van der Waals surface area contributed by atoms with Crippen molar-refractivity contribution in [1.29, 1.82) is 0 Å². The summed E-state index contributed by atoms with van der Waals surface area (Å²) in [7, 11) is -1.70. The first kappa shape index (κ1) is 18.1. The van der Waals surface area contributed by atoms with Crippen LogP contribution in [0.3, 0.4) is 0 Å². The van der Waals surface area contributed by atoms with Crippen molar-refractivity contribution in [2.75, 3.05) is 6.61 Å². The topological polar surface area (TPSA) is 26.3 Å². The summed E-state index contributed by atoms with van der Waals surface area (Å²) in [6.07, 6.45) is 1.84. The molecule has 0 aromatic heterocycles. The lowest BCUT2D eigenvalue weighted by molar-refractivity contribution is 0.104. The Morgan fingerprint density at radius 1 is 0.920 bits per heavy atom. The Morgan fingerprint density at radius 2 is 1.56 bits per heavy atom. The second-order valence-corrected chi connectivity index (χ2v) is 13.2. The molecule has 0 aliphatic heterocycles. The predicted molar refractivity (Wildman–Crippen MR) is 107 cm³/mol. The van der Waals surface area contributed by atoms with Gasteiger partial charge in [0, 0.05) is 17.7 Å². The molecule has 0 radical (unpaired) electrons. The molecule has 132 valence electrons. The van der Waals surface area contributed by atoms with Crippen molar-refractivity contribution in [2.24, 2.45) is 0 Å². The van der Waals surface area contributed by atoms with E-state index in [0.29, 0.717) is 0 Å². The number of carbonyl (C=O) groups is 1. The Kier molecular flexibility index (Phi) is 4.73. The molecule has 0 amide bonds. The molecule has 3 heteroatoms. The van der Waals surface area contributed by atoms with Crippen molar-refractivity contribution in [3.63, 3.8) is 0 Å². The molecule has 0 unspecified atom stereocenters. The Labute approximate surface area is 152 Å². The van der Waals surface area contributed by atoms with Gasteiger partial charge < -0.3 is 4.43 Å². The molecule has 2 nitrogen and oxygen atoms in total. The van der Waals surface area contributed by atoms with Crippen molar-refractivity contribution in [3.05, 3.63) is 59.2 Å². The van der Waals surface area contributed by atoms with E-state index in [-0.39, 0.29) is 10.8 Å². The normalized spacial score (nSPS) is 13.7. The molecule has 3 rings (SSSR count). The van der Waals surface area contributed by atoms with E-state index in [1.807, 2.05) is 24.3 Å². The fourth-order valence-electron chi connectivity index (χ4n) is 3.16. The summed E-state index contributed by atoms with van der Waals surface area (Å²) in [5.41, 5.74) is 5.04. The van der Waals surface area contributed by atoms with E-state index in [9.17, 15) is 4.79 Å². The molecule has 1 aliphatic rings. The van der Waals surface area contributed by atoms with Gasteiger partial charge in [-0.2, -0.15) is 0 Å². The molecule has 0 spiro atoms. The fraction of sp³-hybridized carbons (Fsp3) is 0.409. The van der Waals surface area contributed by atoms with Crippen LogP contribution < -0.4 is 0 Å². The average Bonchev–Trinajstić information content (AvgIpc) is 2.85. The summed E-state index contributed by atoms with van der Waals surface area (Å²) in [6, 6.07) is 14.1. The molecule has 0 atom stereocenters. The smallest absolute Gasteiger partial charge is 0.194 e. The van der Waals surface area contributed by atoms with Gasteiger partial charge in [-0.05, 0) is 47.7 Å². The molecular weight excluding hydrogens is 324 g/mol. The molecule has 2 aromatic rings. The van der Waals surface area contributed by atoms with Gasteiger partial charge in [0.1, 0.15) is 0 Å². The van der Waals surface area contributed by atoms with Crippen LogP contribution in [0.15, 0.2) is 42.5 Å². The highest BCUT2D eigenvalue weighted by molar-refractivity contribution is 6.74. The molecule has 0 bridgehead atoms. The van der Waals surface area contributed by atoms with Crippen LogP contribution in [-0.2, 0) is 10.8 Å². The molecule has 0 saturated heterocycles. The standard InChI is InChI=1S/C22H28O2Si/c1-22(2,3)25(4,5)24-15-9-11-16-10-8-14-18-17-12-6-7-13-19(17)21(23)20(16)18/h6-8,10,12-14H,9,11,15H2,1-5H3. The molecule has 25 heavy (non-hydrogen) atoms. The first-order valence-electron chi connectivity index (χ1n) is 9.12. The lowest BCUT2D eigenvalue weighted by atomic mass is 9.98. The number of aryl methyl sites for hydroxylation is 1. The van der Waals surface area contributed by atoms with Crippen molar-refractivity contribution in [1.82, 2.24) is 0 Å². The minimum Gasteiger partial charge on any atom is -0.417 e. The van der Waals surface area contributed by atoms with Gasteiger partial charge in [0.2, 0.25) is 0 Å². The van der Waals surface area contributed by atoms with E-state index in [1.54, 1.807) is 0 Å². The van der Waals surface area contributed by atoms with E-state index in [2.05, 4.69) is 52.1 Å². The summed E-state index contributed by atoms with van der Waals surface area (Å²) in [6.45, 7) is 12.1. The molecule has 0 heterocycles. The maximum Gasteiger partial charge on any atom is 0.194 e. The summed E-state index contributed by atoms with van der Waals surface area (Å²) in [4.78, 5) is 12.8. The van der Waals surface area contributed by atoms with Crippen LogP contribution in [0.4, 0.5) is 0 Å². The minimum absolute atomic E-state index is 0.173. The van der Waals surface area contributed by atoms with Gasteiger partial charge in [0.05, 0.1) is 0 Å². The fourth-order valence-corrected chi connectivity index (χ4v) is 4.25. The van der Waals surface area contributed by atoms with Gasteiger partial charge >= 0.3 is 0 Å². The number of hydrogen-bond donors (Lipinski definition) is 0. The zero-order valence-corrected chi connectivity index (χ0v) is 17.0. The quantitative estimate of drug-likeness (QED) is 0.425. The lowest BCUT2D eigenvalue weighted by Gasteiger charge is -2.36. The van der Waals surface area contributed by atoms with Crippen LogP contribution in [0.2, 0.25) is 18.1 Å². The minimum atomic E-state index is -1.70. The molecule has 0 fully saturated rings. The van der Waals surface area contributed by atoms with Gasteiger partial charge in [-0.3, -0.25) is 4.79 Å². The van der Waals surface area contributed by atoms with E-state index in [4.69, 9.17) is 4.43 Å². The summed E-state index contributed by atoms with van der Waals surface area (Å²) in [5.74, 6) is 0.173. The number of hydrogen-bond acceptors (Lipinski definition) is 2. The summed E-state index contributed by atoms with van der Waals surface area (Å²) >= 11 is 0. The van der Waals surface area contributed by atoms with Crippen LogP contribution in [0.25, 0.3) is 11.1 Å². The van der Waals surface area contributed by atoms with Gasteiger partial charge in [-0.15, -0.1) is 0 Å². The summed E-state index contributed by atoms with van der Waals surface area (Å²) in [5, 5.41) is 0.235.